The zero-order chi connectivity index (χ0) is 23.1. The molecule has 0 saturated carbocycles. The maximum Gasteiger partial charge on any atom is 0.319 e. The number of aliphatic hydroxyl groups excluding tert-OH is 1. The van der Waals surface area contributed by atoms with Gasteiger partial charge in [-0.2, -0.15) is 0 Å². The molecule has 1 aliphatic rings. The lowest BCUT2D eigenvalue weighted by Gasteiger charge is -2.36. The van der Waals surface area contributed by atoms with Gasteiger partial charge in [-0.3, -0.25) is 0 Å². The third kappa shape index (κ3) is 6.63. The van der Waals surface area contributed by atoms with Crippen LogP contribution >= 0.6 is 11.6 Å². The highest BCUT2D eigenvalue weighted by Gasteiger charge is 2.32. The van der Waals surface area contributed by atoms with E-state index in [4.69, 9.17) is 16.3 Å². The van der Waals surface area contributed by atoms with Crippen molar-refractivity contribution < 1.29 is 27.4 Å². The van der Waals surface area contributed by atoms with E-state index in [9.17, 15) is 22.7 Å². The van der Waals surface area contributed by atoms with Gasteiger partial charge in [-0.05, 0) is 55.7 Å². The van der Waals surface area contributed by atoms with Crippen LogP contribution in [0.4, 0.5) is 14.9 Å². The first-order valence-corrected chi connectivity index (χ1v) is 12.0. The molecule has 1 heterocycles. The second kappa shape index (κ2) is 11.1. The molecule has 0 radical (unpaired) electrons. The fourth-order valence-corrected chi connectivity index (χ4v) is 4.72. The van der Waals surface area contributed by atoms with Crippen LogP contribution in [0.2, 0.25) is 5.02 Å². The molecule has 4 N–H and O–H groups in total. The van der Waals surface area contributed by atoms with Gasteiger partial charge in [0.05, 0.1) is 18.8 Å². The molecule has 2 aromatic rings. The van der Waals surface area contributed by atoms with E-state index in [0.29, 0.717) is 30.0 Å². The topological polar surface area (TPSA) is 117 Å². The summed E-state index contributed by atoms with van der Waals surface area (Å²) in [5, 5.41) is 15.7. The van der Waals surface area contributed by atoms with Crippen LogP contribution in [0.3, 0.4) is 0 Å². The van der Waals surface area contributed by atoms with Crippen LogP contribution in [0.1, 0.15) is 19.3 Å². The zero-order valence-corrected chi connectivity index (χ0v) is 18.7. The van der Waals surface area contributed by atoms with E-state index in [-0.39, 0.29) is 19.3 Å². The lowest BCUT2D eigenvalue weighted by molar-refractivity contribution is -0.0884. The molecule has 0 aromatic heterocycles. The summed E-state index contributed by atoms with van der Waals surface area (Å²) >= 11 is 5.83. The van der Waals surface area contributed by atoms with Crippen LogP contribution in [0.25, 0.3) is 0 Å². The van der Waals surface area contributed by atoms with Crippen molar-refractivity contribution in [1.82, 2.24) is 10.0 Å². The number of hydrogen-bond donors (Lipinski definition) is 4. The largest absolute Gasteiger partial charge is 0.394 e. The molecule has 11 heteroatoms. The number of aliphatic hydroxyl groups is 1. The minimum absolute atomic E-state index is 0.0502. The number of nitrogens with one attached hydrogen (secondary N) is 3. The molecule has 32 heavy (non-hydrogen) atoms. The standard InChI is InChI=1S/C21H25ClFN3O5S/c22-14-5-7-15(8-6-14)25-21(28)26-18-10-9-16(31-19(18)13-27)11-12-24-32(29,30)20-4-2-1-3-17(20)23/h1-8,16,18-19,24,27H,9-13H2,(H2,25,26,28)/t16-,18+,19-/m0/s1. The van der Waals surface area contributed by atoms with E-state index in [1.54, 1.807) is 24.3 Å². The Balaban J connectivity index is 1.47. The minimum atomic E-state index is -3.97. The lowest BCUT2D eigenvalue weighted by atomic mass is 9.97. The smallest absolute Gasteiger partial charge is 0.319 e. The first-order valence-electron chi connectivity index (χ1n) is 10.1. The number of anilines is 1. The van der Waals surface area contributed by atoms with Gasteiger partial charge < -0.3 is 20.5 Å². The van der Waals surface area contributed by atoms with Gasteiger partial charge in [0.1, 0.15) is 16.8 Å². The Morgan fingerprint density at radius 1 is 1.16 bits per heavy atom. The Morgan fingerprint density at radius 2 is 1.88 bits per heavy atom. The van der Waals surface area contributed by atoms with Gasteiger partial charge in [-0.25, -0.2) is 22.3 Å². The summed E-state index contributed by atoms with van der Waals surface area (Å²) in [5.41, 5.74) is 0.573. The first-order chi connectivity index (χ1) is 15.3. The fourth-order valence-electron chi connectivity index (χ4n) is 3.47. The molecule has 3 rings (SSSR count). The van der Waals surface area contributed by atoms with Crippen LogP contribution in [0, 0.1) is 5.82 Å². The van der Waals surface area contributed by atoms with Crippen molar-refractivity contribution in [2.24, 2.45) is 0 Å². The maximum absolute atomic E-state index is 13.7. The van der Waals surface area contributed by atoms with Gasteiger partial charge in [-0.1, -0.05) is 23.7 Å². The molecule has 0 bridgehead atoms. The molecule has 1 aliphatic heterocycles. The van der Waals surface area contributed by atoms with Crippen molar-refractivity contribution in [3.63, 3.8) is 0 Å². The van der Waals surface area contributed by atoms with E-state index in [0.717, 1.165) is 6.07 Å². The number of rotatable bonds is 8. The van der Waals surface area contributed by atoms with E-state index < -0.39 is 38.9 Å². The number of halogens is 2. The summed E-state index contributed by atoms with van der Waals surface area (Å²) in [5.74, 6) is -0.819. The molecule has 0 unspecified atom stereocenters. The Bertz CT molecular complexity index is 1020. The second-order valence-electron chi connectivity index (χ2n) is 7.39. The van der Waals surface area contributed by atoms with E-state index in [2.05, 4.69) is 15.4 Å². The van der Waals surface area contributed by atoms with E-state index in [1.165, 1.54) is 18.2 Å². The SMILES string of the molecule is O=C(Nc1ccc(Cl)cc1)N[C@@H]1CC[C@@H](CCNS(=O)(=O)c2ccccc2F)O[C@H]1CO. The van der Waals surface area contributed by atoms with Crippen molar-refractivity contribution in [1.29, 1.82) is 0 Å². The van der Waals surface area contributed by atoms with Gasteiger partial charge in [-0.15, -0.1) is 0 Å². The molecule has 174 valence electrons. The van der Waals surface area contributed by atoms with E-state index >= 15 is 0 Å². The Labute approximate surface area is 191 Å². The molecular formula is C21H25ClFN3O5S. The summed E-state index contributed by atoms with van der Waals surface area (Å²) in [4.78, 5) is 11.8. The van der Waals surface area contributed by atoms with Gasteiger partial charge in [0.25, 0.3) is 0 Å². The predicted molar refractivity (Wildman–Crippen MR) is 119 cm³/mol. The number of carbonyl (C=O) groups excluding carboxylic acids is 1. The average molecular weight is 486 g/mol. The predicted octanol–water partition coefficient (Wildman–Crippen LogP) is 2.88. The number of ether oxygens (including phenoxy) is 1. The summed E-state index contributed by atoms with van der Waals surface area (Å²) in [7, 11) is -3.97. The quantitative estimate of drug-likeness (QED) is 0.458. The summed E-state index contributed by atoms with van der Waals surface area (Å²) in [6.45, 7) is -0.252. The second-order valence-corrected chi connectivity index (χ2v) is 9.56. The minimum Gasteiger partial charge on any atom is -0.394 e. The van der Waals surface area contributed by atoms with Crippen LogP contribution in [-0.4, -0.2) is 51.0 Å². The average Bonchev–Trinajstić information content (AvgIpc) is 2.76. The highest BCUT2D eigenvalue weighted by Crippen LogP contribution is 2.22. The number of carbonyl (C=O) groups is 1. The fraction of sp³-hybridized carbons (Fsp3) is 0.381. The van der Waals surface area contributed by atoms with Crippen LogP contribution in [0.15, 0.2) is 53.4 Å². The number of urea groups is 1. The third-order valence-electron chi connectivity index (χ3n) is 5.10. The number of benzene rings is 2. The van der Waals surface area contributed by atoms with Crippen LogP contribution in [0.5, 0.6) is 0 Å². The Morgan fingerprint density at radius 3 is 2.56 bits per heavy atom. The normalized spacial score (nSPS) is 21.2. The number of sulfonamides is 1. The zero-order valence-electron chi connectivity index (χ0n) is 17.1. The molecule has 3 atom stereocenters. The molecular weight excluding hydrogens is 461 g/mol. The van der Waals surface area contributed by atoms with Gasteiger partial charge in [0.2, 0.25) is 10.0 Å². The Hall–Kier alpha value is -2.24. The van der Waals surface area contributed by atoms with Crippen molar-refractivity contribution in [3.05, 3.63) is 59.4 Å². The summed E-state index contributed by atoms with van der Waals surface area (Å²) in [6.07, 6.45) is 0.502. The highest BCUT2D eigenvalue weighted by atomic mass is 35.5. The molecule has 0 aliphatic carbocycles. The number of amides is 2. The van der Waals surface area contributed by atoms with Gasteiger partial charge in [0, 0.05) is 17.3 Å². The van der Waals surface area contributed by atoms with Crippen molar-refractivity contribution in [3.8, 4) is 0 Å². The molecule has 0 spiro atoms. The Kier molecular flexibility index (Phi) is 8.44. The number of hydrogen-bond acceptors (Lipinski definition) is 5. The highest BCUT2D eigenvalue weighted by molar-refractivity contribution is 7.89. The molecule has 8 nitrogen and oxygen atoms in total. The lowest BCUT2D eigenvalue weighted by Crippen LogP contribution is -2.52. The molecule has 2 aromatic carbocycles. The summed E-state index contributed by atoms with van der Waals surface area (Å²) in [6, 6.07) is 11.0. The molecule has 1 fully saturated rings. The van der Waals surface area contributed by atoms with Crippen molar-refractivity contribution in [2.75, 3.05) is 18.5 Å². The molecule has 2 amide bonds. The van der Waals surface area contributed by atoms with Crippen LogP contribution in [-0.2, 0) is 14.8 Å². The van der Waals surface area contributed by atoms with Crippen molar-refractivity contribution >= 4 is 33.3 Å². The molecule has 1 saturated heterocycles. The van der Waals surface area contributed by atoms with Gasteiger partial charge in [0.15, 0.2) is 0 Å². The monoisotopic (exact) mass is 485 g/mol. The summed E-state index contributed by atoms with van der Waals surface area (Å²) < 4.78 is 46.5. The van der Waals surface area contributed by atoms with Gasteiger partial charge >= 0.3 is 6.03 Å². The van der Waals surface area contributed by atoms with Crippen molar-refractivity contribution in [2.45, 2.75) is 42.4 Å². The van der Waals surface area contributed by atoms with Crippen LogP contribution < -0.4 is 15.4 Å². The third-order valence-corrected chi connectivity index (χ3v) is 6.85. The van der Waals surface area contributed by atoms with E-state index in [1.807, 2.05) is 0 Å². The first kappa shape index (κ1) is 24.4. The maximum atomic E-state index is 13.7.